The molecule has 3 N–H and O–H groups in total. The van der Waals surface area contributed by atoms with E-state index in [9.17, 15) is 17.6 Å². The average Bonchev–Trinajstić information content (AvgIpc) is 2.61. The fourth-order valence-electron chi connectivity index (χ4n) is 2.71. The highest BCUT2D eigenvalue weighted by Crippen LogP contribution is 2.33. The number of amides is 2. The summed E-state index contributed by atoms with van der Waals surface area (Å²) in [5, 5.41) is 4.78. The highest BCUT2D eigenvalue weighted by molar-refractivity contribution is 7.90. The monoisotopic (exact) mass is 409 g/mol. The van der Waals surface area contributed by atoms with Crippen molar-refractivity contribution in [2.24, 2.45) is 0 Å². The fraction of sp³-hybridized carbons (Fsp3) is 0.389. The minimum atomic E-state index is -4.27. The van der Waals surface area contributed by atoms with Crippen LogP contribution in [0.1, 0.15) is 50.7 Å². The van der Waals surface area contributed by atoms with E-state index in [2.05, 4.69) is 20.6 Å². The van der Waals surface area contributed by atoms with E-state index in [0.29, 0.717) is 16.8 Å². The molecule has 1 aromatic carbocycles. The van der Waals surface area contributed by atoms with Gasteiger partial charge < -0.3 is 10.6 Å². The predicted molar refractivity (Wildman–Crippen MR) is 105 cm³/mol. The molecule has 8 nitrogen and oxygen atoms in total. The third kappa shape index (κ3) is 4.75. The highest BCUT2D eigenvalue weighted by atomic mass is 32.2. The number of carbonyl (C=O) groups excluding carboxylic acids is 1. The van der Waals surface area contributed by atoms with Crippen LogP contribution in [0.25, 0.3) is 0 Å². The molecule has 2 amide bonds. The summed E-state index contributed by atoms with van der Waals surface area (Å²) < 4.78 is 41.0. The van der Waals surface area contributed by atoms with E-state index < -0.39 is 26.9 Å². The van der Waals surface area contributed by atoms with Crippen molar-refractivity contribution >= 4 is 27.6 Å². The molecule has 0 aliphatic heterocycles. The number of anilines is 2. The Hall–Kier alpha value is -2.75. The maximum Gasteiger partial charge on any atom is 0.333 e. The van der Waals surface area contributed by atoms with Crippen LogP contribution in [0.15, 0.2) is 29.6 Å². The second-order valence-corrected chi connectivity index (χ2v) is 8.39. The largest absolute Gasteiger partial charge is 0.371 e. The van der Waals surface area contributed by atoms with Crippen LogP contribution in [0.4, 0.5) is 20.7 Å². The van der Waals surface area contributed by atoms with Crippen LogP contribution in [0.5, 0.6) is 0 Å². The van der Waals surface area contributed by atoms with Crippen LogP contribution in [0.3, 0.4) is 0 Å². The zero-order chi connectivity index (χ0) is 21.1. The molecular formula is C18H24FN5O3S. The molecule has 0 fully saturated rings. The van der Waals surface area contributed by atoms with Gasteiger partial charge in [-0.05, 0) is 35.1 Å². The Morgan fingerprint density at radius 2 is 1.57 bits per heavy atom. The number of aromatic nitrogens is 2. The van der Waals surface area contributed by atoms with Gasteiger partial charge in [0.05, 0.1) is 0 Å². The van der Waals surface area contributed by atoms with Gasteiger partial charge in [0.15, 0.2) is 5.82 Å². The van der Waals surface area contributed by atoms with Crippen molar-refractivity contribution in [1.29, 1.82) is 0 Å². The molecule has 0 bridgehead atoms. The summed E-state index contributed by atoms with van der Waals surface area (Å²) in [7, 11) is -2.78. The van der Waals surface area contributed by atoms with E-state index in [4.69, 9.17) is 0 Å². The molecule has 152 valence electrons. The lowest BCUT2D eigenvalue weighted by atomic mass is 9.92. The van der Waals surface area contributed by atoms with Crippen LogP contribution in [-0.2, 0) is 10.0 Å². The van der Waals surface area contributed by atoms with Crippen molar-refractivity contribution in [1.82, 2.24) is 14.7 Å². The predicted octanol–water partition coefficient (Wildman–Crippen LogP) is 3.41. The molecule has 10 heteroatoms. The molecule has 2 rings (SSSR count). The number of nitrogens with one attached hydrogen (secondary N) is 3. The van der Waals surface area contributed by atoms with Gasteiger partial charge in [-0.15, -0.1) is 0 Å². The first-order chi connectivity index (χ1) is 13.1. The lowest BCUT2D eigenvalue weighted by Crippen LogP contribution is -2.36. The number of benzene rings is 1. The first-order valence-electron chi connectivity index (χ1n) is 8.72. The summed E-state index contributed by atoms with van der Waals surface area (Å²) in [5.74, 6) is -0.577. The molecule has 0 spiro atoms. The second kappa shape index (κ2) is 8.51. The number of urea groups is 1. The Morgan fingerprint density at radius 1 is 1.04 bits per heavy atom. The van der Waals surface area contributed by atoms with E-state index in [1.165, 1.54) is 31.6 Å². The Labute approximate surface area is 164 Å². The van der Waals surface area contributed by atoms with Gasteiger partial charge in [-0.3, -0.25) is 0 Å². The normalized spacial score (nSPS) is 11.6. The van der Waals surface area contributed by atoms with Crippen LogP contribution in [0.2, 0.25) is 0 Å². The first-order valence-corrected chi connectivity index (χ1v) is 10.2. The van der Waals surface area contributed by atoms with Crippen molar-refractivity contribution in [2.75, 3.05) is 17.7 Å². The number of rotatable bonds is 6. The number of halogens is 1. The molecule has 28 heavy (non-hydrogen) atoms. The third-order valence-corrected chi connectivity index (χ3v) is 5.29. The van der Waals surface area contributed by atoms with Gasteiger partial charge in [-0.25, -0.2) is 23.9 Å². The SMILES string of the molecule is CNc1nccnc1S(=O)(=O)NC(=O)Nc1c(C(C)C)cc(F)cc1C(C)C. The van der Waals surface area contributed by atoms with Crippen LogP contribution in [0, 0.1) is 5.82 Å². The van der Waals surface area contributed by atoms with E-state index in [1.807, 2.05) is 32.4 Å². The minimum absolute atomic E-state index is 0.00956. The maximum atomic E-state index is 14.0. The Bertz CT molecular complexity index is 948. The number of hydrogen-bond donors (Lipinski definition) is 3. The van der Waals surface area contributed by atoms with E-state index in [0.717, 1.165) is 0 Å². The van der Waals surface area contributed by atoms with E-state index in [1.54, 1.807) is 0 Å². The highest BCUT2D eigenvalue weighted by Gasteiger charge is 2.25. The number of nitrogens with zero attached hydrogens (tertiary/aromatic N) is 2. The molecule has 0 saturated heterocycles. The maximum absolute atomic E-state index is 14.0. The fourth-order valence-corrected chi connectivity index (χ4v) is 3.71. The van der Waals surface area contributed by atoms with Gasteiger partial charge in [0.25, 0.3) is 10.0 Å². The van der Waals surface area contributed by atoms with Gasteiger partial charge in [-0.1, -0.05) is 27.7 Å². The summed E-state index contributed by atoms with van der Waals surface area (Å²) in [5.41, 5.74) is 1.55. The smallest absolute Gasteiger partial charge is 0.333 e. The lowest BCUT2D eigenvalue weighted by molar-refractivity contribution is 0.256. The van der Waals surface area contributed by atoms with Crippen molar-refractivity contribution in [3.8, 4) is 0 Å². The third-order valence-electron chi connectivity index (χ3n) is 4.03. The molecule has 2 aromatic rings. The molecule has 1 heterocycles. The standard InChI is InChI=1S/C18H24FN5O3S/c1-10(2)13-8-12(19)9-14(11(3)4)15(13)23-18(25)24-28(26,27)17-16(20-5)21-6-7-22-17/h6-11H,1-5H3,(H,20,21)(H2,23,24,25). The number of sulfonamides is 1. The van der Waals surface area contributed by atoms with E-state index in [-0.39, 0.29) is 17.7 Å². The van der Waals surface area contributed by atoms with Crippen molar-refractivity contribution in [3.05, 3.63) is 41.5 Å². The molecule has 0 unspecified atom stereocenters. The van der Waals surface area contributed by atoms with Gasteiger partial charge in [-0.2, -0.15) is 8.42 Å². The zero-order valence-corrected chi connectivity index (χ0v) is 17.2. The summed E-state index contributed by atoms with van der Waals surface area (Å²) >= 11 is 0. The summed E-state index contributed by atoms with van der Waals surface area (Å²) in [6.07, 6.45) is 2.54. The minimum Gasteiger partial charge on any atom is -0.371 e. The lowest BCUT2D eigenvalue weighted by Gasteiger charge is -2.20. The molecule has 0 saturated carbocycles. The van der Waals surface area contributed by atoms with Crippen LogP contribution >= 0.6 is 0 Å². The Morgan fingerprint density at radius 3 is 2.07 bits per heavy atom. The molecule has 0 radical (unpaired) electrons. The number of carbonyl (C=O) groups is 1. The second-order valence-electron chi connectivity index (χ2n) is 6.79. The summed E-state index contributed by atoms with van der Waals surface area (Å²) in [4.78, 5) is 20.1. The molecule has 1 aromatic heterocycles. The van der Waals surface area contributed by atoms with Crippen molar-refractivity contribution in [3.63, 3.8) is 0 Å². The van der Waals surface area contributed by atoms with Gasteiger partial charge in [0.1, 0.15) is 5.82 Å². The topological polar surface area (TPSA) is 113 Å². The average molecular weight is 409 g/mol. The Kier molecular flexibility index (Phi) is 6.55. The first kappa shape index (κ1) is 21.5. The van der Waals surface area contributed by atoms with Gasteiger partial charge >= 0.3 is 6.03 Å². The van der Waals surface area contributed by atoms with E-state index >= 15 is 0 Å². The summed E-state index contributed by atoms with van der Waals surface area (Å²) in [6, 6.07) is 1.70. The molecule has 0 aliphatic rings. The van der Waals surface area contributed by atoms with Crippen LogP contribution in [-0.4, -0.2) is 31.5 Å². The number of hydrogen-bond acceptors (Lipinski definition) is 6. The molecule has 0 aliphatic carbocycles. The van der Waals surface area contributed by atoms with Gasteiger partial charge in [0, 0.05) is 25.1 Å². The quantitative estimate of drug-likeness (QED) is 0.674. The van der Waals surface area contributed by atoms with Gasteiger partial charge in [0.2, 0.25) is 5.03 Å². The van der Waals surface area contributed by atoms with Crippen LogP contribution < -0.4 is 15.4 Å². The zero-order valence-electron chi connectivity index (χ0n) is 16.4. The Balaban J connectivity index is 2.38. The van der Waals surface area contributed by atoms with Crippen molar-refractivity contribution < 1.29 is 17.6 Å². The van der Waals surface area contributed by atoms with Crippen molar-refractivity contribution in [2.45, 2.75) is 44.6 Å². The molecule has 0 atom stereocenters. The molecular weight excluding hydrogens is 385 g/mol. The summed E-state index contributed by atoms with van der Waals surface area (Å²) in [6.45, 7) is 7.43.